The Labute approximate surface area is 125 Å². The first-order valence-corrected chi connectivity index (χ1v) is 7.19. The monoisotopic (exact) mass is 292 g/mol. The van der Waals surface area contributed by atoms with Gasteiger partial charge in [-0.3, -0.25) is 9.59 Å². The summed E-state index contributed by atoms with van der Waals surface area (Å²) in [4.78, 5) is 22.4. The van der Waals surface area contributed by atoms with Crippen molar-refractivity contribution in [3.05, 3.63) is 35.4 Å². The van der Waals surface area contributed by atoms with Gasteiger partial charge in [-0.25, -0.2) is 0 Å². The van der Waals surface area contributed by atoms with Crippen molar-refractivity contribution in [2.45, 2.75) is 33.2 Å². The normalized spacial score (nSPS) is 12.2. The summed E-state index contributed by atoms with van der Waals surface area (Å²) in [5.41, 5.74) is 1.80. The predicted octanol–water partition coefficient (Wildman–Crippen LogP) is 1.74. The van der Waals surface area contributed by atoms with Crippen LogP contribution in [0.5, 0.6) is 0 Å². The predicted molar refractivity (Wildman–Crippen MR) is 82.0 cm³/mol. The number of hydrogen-bond donors (Lipinski definition) is 3. The summed E-state index contributed by atoms with van der Waals surface area (Å²) in [6.07, 6.45) is 0. The molecule has 1 aromatic carbocycles. The third-order valence-electron chi connectivity index (χ3n) is 3.17. The summed E-state index contributed by atoms with van der Waals surface area (Å²) < 4.78 is 0. The van der Waals surface area contributed by atoms with E-state index in [9.17, 15) is 9.59 Å². The first-order chi connectivity index (χ1) is 9.90. The zero-order valence-corrected chi connectivity index (χ0v) is 12.8. The van der Waals surface area contributed by atoms with Gasteiger partial charge in [-0.05, 0) is 24.0 Å². The van der Waals surface area contributed by atoms with Gasteiger partial charge < -0.3 is 15.7 Å². The fourth-order valence-corrected chi connectivity index (χ4v) is 1.77. The summed E-state index contributed by atoms with van der Waals surface area (Å²) in [6, 6.07) is 7.39. The second-order valence-electron chi connectivity index (χ2n) is 5.60. The molecule has 0 aliphatic heterocycles. The van der Waals surface area contributed by atoms with Crippen LogP contribution in [-0.2, 0) is 16.1 Å². The van der Waals surface area contributed by atoms with Crippen molar-refractivity contribution in [3.8, 4) is 0 Å². The zero-order valence-electron chi connectivity index (χ0n) is 12.8. The highest BCUT2D eigenvalue weighted by Gasteiger charge is 2.12. The molecule has 0 saturated heterocycles. The van der Waals surface area contributed by atoms with Gasteiger partial charge in [-0.1, -0.05) is 38.1 Å². The number of nitrogens with one attached hydrogen (secondary N) is 2. The molecule has 1 amide bonds. The van der Waals surface area contributed by atoms with Crippen LogP contribution < -0.4 is 10.6 Å². The van der Waals surface area contributed by atoms with E-state index in [0.29, 0.717) is 19.0 Å². The second kappa shape index (κ2) is 8.42. The van der Waals surface area contributed by atoms with Gasteiger partial charge in [-0.15, -0.1) is 0 Å². The number of rotatable bonds is 8. The van der Waals surface area contributed by atoms with Crippen molar-refractivity contribution in [2.75, 3.05) is 13.1 Å². The van der Waals surface area contributed by atoms with Crippen LogP contribution in [0.1, 0.15) is 37.8 Å². The Balaban J connectivity index is 2.36. The highest BCUT2D eigenvalue weighted by atomic mass is 16.4. The maximum atomic E-state index is 11.5. The van der Waals surface area contributed by atoms with E-state index in [1.165, 1.54) is 0 Å². The number of carboxylic acid groups (broad SMARTS) is 1. The quantitative estimate of drug-likeness (QED) is 0.682. The molecule has 0 spiro atoms. The van der Waals surface area contributed by atoms with Crippen LogP contribution >= 0.6 is 0 Å². The summed E-state index contributed by atoms with van der Waals surface area (Å²) >= 11 is 0. The lowest BCUT2D eigenvalue weighted by atomic mass is 10.0. The van der Waals surface area contributed by atoms with Crippen LogP contribution in [0.3, 0.4) is 0 Å². The van der Waals surface area contributed by atoms with E-state index < -0.39 is 11.9 Å². The lowest BCUT2D eigenvalue weighted by Gasteiger charge is -2.10. The summed E-state index contributed by atoms with van der Waals surface area (Å²) in [6.45, 7) is 7.30. The molecule has 0 radical (unpaired) electrons. The highest BCUT2D eigenvalue weighted by Crippen LogP contribution is 2.15. The van der Waals surface area contributed by atoms with Crippen molar-refractivity contribution >= 4 is 11.9 Å². The van der Waals surface area contributed by atoms with Crippen LogP contribution in [0.25, 0.3) is 0 Å². The van der Waals surface area contributed by atoms with E-state index in [2.05, 4.69) is 10.6 Å². The maximum Gasteiger partial charge on any atom is 0.310 e. The summed E-state index contributed by atoms with van der Waals surface area (Å²) in [7, 11) is 0. The molecule has 0 bridgehead atoms. The molecule has 21 heavy (non-hydrogen) atoms. The summed E-state index contributed by atoms with van der Waals surface area (Å²) in [5, 5.41) is 14.8. The van der Waals surface area contributed by atoms with Gasteiger partial charge >= 0.3 is 5.97 Å². The van der Waals surface area contributed by atoms with Crippen LogP contribution in [-0.4, -0.2) is 30.1 Å². The number of carboxylic acids is 1. The maximum absolute atomic E-state index is 11.5. The van der Waals surface area contributed by atoms with Crippen molar-refractivity contribution in [1.82, 2.24) is 10.6 Å². The number of carbonyl (C=O) groups excluding carboxylic acids is 1. The van der Waals surface area contributed by atoms with Gasteiger partial charge in [0.05, 0.1) is 12.5 Å². The largest absolute Gasteiger partial charge is 0.481 e. The molecule has 5 heteroatoms. The average molecular weight is 292 g/mol. The minimum Gasteiger partial charge on any atom is -0.481 e. The van der Waals surface area contributed by atoms with Gasteiger partial charge in [0.25, 0.3) is 0 Å². The minimum absolute atomic E-state index is 0.0141. The molecule has 116 valence electrons. The van der Waals surface area contributed by atoms with E-state index in [1.807, 2.05) is 38.1 Å². The van der Waals surface area contributed by atoms with E-state index in [1.54, 1.807) is 6.92 Å². The molecule has 1 rings (SSSR count). The first kappa shape index (κ1) is 17.2. The van der Waals surface area contributed by atoms with Crippen molar-refractivity contribution < 1.29 is 14.7 Å². The highest BCUT2D eigenvalue weighted by molar-refractivity contribution is 5.78. The molecule has 0 aliphatic carbocycles. The van der Waals surface area contributed by atoms with Crippen molar-refractivity contribution in [2.24, 2.45) is 5.92 Å². The molecule has 0 heterocycles. The van der Waals surface area contributed by atoms with Crippen molar-refractivity contribution in [1.29, 1.82) is 0 Å². The Morgan fingerprint density at radius 2 is 1.76 bits per heavy atom. The first-order valence-electron chi connectivity index (χ1n) is 7.19. The number of aliphatic carboxylic acids is 1. The Morgan fingerprint density at radius 1 is 1.14 bits per heavy atom. The molecule has 1 unspecified atom stereocenters. The molecule has 0 fully saturated rings. The molecule has 1 atom stereocenters. The standard InChI is InChI=1S/C16H24N2O3/c1-11(2)8-18-15(19)10-17-9-13-4-6-14(7-5-13)12(3)16(20)21/h4-7,11-12,17H,8-10H2,1-3H3,(H,18,19)(H,20,21). The smallest absolute Gasteiger partial charge is 0.310 e. The van der Waals surface area contributed by atoms with E-state index in [0.717, 1.165) is 11.1 Å². The number of benzene rings is 1. The third-order valence-corrected chi connectivity index (χ3v) is 3.17. The third kappa shape index (κ3) is 6.40. The average Bonchev–Trinajstić information content (AvgIpc) is 2.45. The molecule has 0 aromatic heterocycles. The van der Waals surface area contributed by atoms with Gasteiger partial charge in [0.15, 0.2) is 0 Å². The number of amides is 1. The van der Waals surface area contributed by atoms with Crippen LogP contribution in [0.15, 0.2) is 24.3 Å². The van der Waals surface area contributed by atoms with Gasteiger partial charge in [-0.2, -0.15) is 0 Å². The van der Waals surface area contributed by atoms with Crippen LogP contribution in [0.2, 0.25) is 0 Å². The molecular weight excluding hydrogens is 268 g/mol. The lowest BCUT2D eigenvalue weighted by Crippen LogP contribution is -2.35. The second-order valence-corrected chi connectivity index (χ2v) is 5.60. The molecule has 1 aromatic rings. The van der Waals surface area contributed by atoms with E-state index >= 15 is 0 Å². The fourth-order valence-electron chi connectivity index (χ4n) is 1.77. The molecule has 5 nitrogen and oxygen atoms in total. The van der Waals surface area contributed by atoms with Crippen LogP contribution in [0.4, 0.5) is 0 Å². The summed E-state index contributed by atoms with van der Waals surface area (Å²) in [5.74, 6) is -0.908. The fraction of sp³-hybridized carbons (Fsp3) is 0.500. The zero-order chi connectivity index (χ0) is 15.8. The van der Waals surface area contributed by atoms with Crippen molar-refractivity contribution in [3.63, 3.8) is 0 Å². The topological polar surface area (TPSA) is 78.4 Å². The Hall–Kier alpha value is -1.88. The SMILES string of the molecule is CC(C)CNC(=O)CNCc1ccc(C(C)C(=O)O)cc1. The van der Waals surface area contributed by atoms with Gasteiger partial charge in [0.2, 0.25) is 5.91 Å². The van der Waals surface area contributed by atoms with E-state index in [-0.39, 0.29) is 12.5 Å². The molecule has 0 saturated carbocycles. The Bertz CT molecular complexity index is 469. The van der Waals surface area contributed by atoms with Crippen LogP contribution in [0, 0.1) is 5.92 Å². The van der Waals surface area contributed by atoms with E-state index in [4.69, 9.17) is 5.11 Å². The Kier molecular flexibility index (Phi) is 6.88. The van der Waals surface area contributed by atoms with Gasteiger partial charge in [0.1, 0.15) is 0 Å². The van der Waals surface area contributed by atoms with Gasteiger partial charge in [0, 0.05) is 13.1 Å². The minimum atomic E-state index is -0.831. The molecule has 3 N–H and O–H groups in total. The lowest BCUT2D eigenvalue weighted by molar-refractivity contribution is -0.138. The number of hydrogen-bond acceptors (Lipinski definition) is 3. The molecule has 0 aliphatic rings. The molecular formula is C16H24N2O3. The Morgan fingerprint density at radius 3 is 2.29 bits per heavy atom. The number of carbonyl (C=O) groups is 2.